The molecule has 4 heteroatoms. The van der Waals surface area contributed by atoms with E-state index in [1.165, 1.54) is 0 Å². The molecule has 0 spiro atoms. The molecular weight excluding hydrogens is 310 g/mol. The Morgan fingerprint density at radius 3 is 2.48 bits per heavy atom. The van der Waals surface area contributed by atoms with Crippen LogP contribution in [0.1, 0.15) is 21.7 Å². The van der Waals surface area contributed by atoms with Crippen molar-refractivity contribution in [2.75, 3.05) is 5.32 Å². The van der Waals surface area contributed by atoms with Crippen LogP contribution in [-0.2, 0) is 0 Å². The van der Waals surface area contributed by atoms with Gasteiger partial charge in [-0.25, -0.2) is 0 Å². The summed E-state index contributed by atoms with van der Waals surface area (Å²) in [5.41, 5.74) is 3.07. The number of halogens is 1. The van der Waals surface area contributed by atoms with Crippen molar-refractivity contribution in [2.45, 2.75) is 13.8 Å². The molecule has 0 fully saturated rings. The summed E-state index contributed by atoms with van der Waals surface area (Å²) in [4.78, 5) is 12.5. The lowest BCUT2D eigenvalue weighted by Crippen LogP contribution is -2.12. The number of hydrogen-bond donors (Lipinski definition) is 1. The lowest BCUT2D eigenvalue weighted by atomic mass is 10.1. The second kappa shape index (κ2) is 6.31. The normalized spacial score (nSPS) is 10.6. The Hall–Kier alpha value is -2.52. The molecular formula is C19H16ClNO2. The second-order valence-corrected chi connectivity index (χ2v) is 5.74. The number of para-hydroxylation sites is 1. The van der Waals surface area contributed by atoms with Crippen molar-refractivity contribution in [1.82, 2.24) is 0 Å². The number of nitrogens with one attached hydrogen (secondary N) is 1. The van der Waals surface area contributed by atoms with Gasteiger partial charge in [-0.05, 0) is 43.7 Å². The van der Waals surface area contributed by atoms with E-state index in [-0.39, 0.29) is 5.91 Å². The molecule has 1 N–H and O–H groups in total. The number of carbonyl (C=O) groups is 1. The summed E-state index contributed by atoms with van der Waals surface area (Å²) in [5.74, 6) is 0.952. The monoisotopic (exact) mass is 325 g/mol. The SMILES string of the molecule is Cc1ccccc1NC(=O)c1cc(-c2ccccc2Cl)oc1C. The summed E-state index contributed by atoms with van der Waals surface area (Å²) in [7, 11) is 0. The number of benzene rings is 2. The van der Waals surface area contributed by atoms with Crippen molar-refractivity contribution in [3.8, 4) is 11.3 Å². The highest BCUT2D eigenvalue weighted by atomic mass is 35.5. The highest BCUT2D eigenvalue weighted by molar-refractivity contribution is 6.33. The van der Waals surface area contributed by atoms with Gasteiger partial charge in [-0.15, -0.1) is 0 Å². The highest BCUT2D eigenvalue weighted by Gasteiger charge is 2.17. The number of hydrogen-bond acceptors (Lipinski definition) is 2. The van der Waals surface area contributed by atoms with E-state index in [9.17, 15) is 4.79 Å². The first-order valence-corrected chi connectivity index (χ1v) is 7.66. The van der Waals surface area contributed by atoms with Crippen LogP contribution in [0.5, 0.6) is 0 Å². The molecule has 3 nitrogen and oxygen atoms in total. The molecule has 2 aromatic carbocycles. The summed E-state index contributed by atoms with van der Waals surface area (Å²) in [5, 5.41) is 3.50. The van der Waals surface area contributed by atoms with Crippen LogP contribution in [-0.4, -0.2) is 5.91 Å². The van der Waals surface area contributed by atoms with Crippen molar-refractivity contribution >= 4 is 23.2 Å². The van der Waals surface area contributed by atoms with Crippen LogP contribution >= 0.6 is 11.6 Å². The molecule has 0 saturated carbocycles. The number of furan rings is 1. The Morgan fingerprint density at radius 2 is 1.74 bits per heavy atom. The smallest absolute Gasteiger partial charge is 0.259 e. The van der Waals surface area contributed by atoms with Gasteiger partial charge in [0.05, 0.1) is 10.6 Å². The quantitative estimate of drug-likeness (QED) is 0.693. The minimum absolute atomic E-state index is 0.196. The van der Waals surface area contributed by atoms with Gasteiger partial charge in [0.25, 0.3) is 5.91 Å². The third-order valence-electron chi connectivity index (χ3n) is 3.69. The van der Waals surface area contributed by atoms with Gasteiger partial charge in [0.15, 0.2) is 0 Å². The number of rotatable bonds is 3. The first kappa shape index (κ1) is 15.4. The zero-order chi connectivity index (χ0) is 16.4. The van der Waals surface area contributed by atoms with Gasteiger partial charge in [0.2, 0.25) is 0 Å². The van der Waals surface area contributed by atoms with Gasteiger partial charge in [-0.2, -0.15) is 0 Å². The van der Waals surface area contributed by atoms with Crippen LogP contribution < -0.4 is 5.32 Å². The Bertz CT molecular complexity index is 867. The first-order chi connectivity index (χ1) is 11.1. The van der Waals surface area contributed by atoms with Crippen LogP contribution in [0.4, 0.5) is 5.69 Å². The van der Waals surface area contributed by atoms with Crippen LogP contribution in [0.15, 0.2) is 59.0 Å². The molecule has 1 amide bonds. The van der Waals surface area contributed by atoms with Gasteiger partial charge < -0.3 is 9.73 Å². The van der Waals surface area contributed by atoms with Crippen molar-refractivity contribution in [2.24, 2.45) is 0 Å². The molecule has 0 bridgehead atoms. The molecule has 0 atom stereocenters. The fraction of sp³-hybridized carbons (Fsp3) is 0.105. The van der Waals surface area contributed by atoms with Gasteiger partial charge in [0, 0.05) is 11.3 Å². The van der Waals surface area contributed by atoms with Gasteiger partial charge in [-0.1, -0.05) is 41.9 Å². The van der Waals surface area contributed by atoms with E-state index < -0.39 is 0 Å². The summed E-state index contributed by atoms with van der Waals surface area (Å²) >= 11 is 6.19. The summed E-state index contributed by atoms with van der Waals surface area (Å²) in [6, 6.07) is 16.8. The minimum Gasteiger partial charge on any atom is -0.460 e. The molecule has 0 aliphatic rings. The zero-order valence-electron chi connectivity index (χ0n) is 12.9. The van der Waals surface area contributed by atoms with Crippen molar-refractivity contribution in [3.63, 3.8) is 0 Å². The average Bonchev–Trinajstić information content (AvgIpc) is 2.92. The Labute approximate surface area is 139 Å². The van der Waals surface area contributed by atoms with Crippen LogP contribution in [0.3, 0.4) is 0 Å². The fourth-order valence-corrected chi connectivity index (χ4v) is 2.63. The lowest BCUT2D eigenvalue weighted by Gasteiger charge is -2.06. The van der Waals surface area contributed by atoms with Crippen molar-refractivity contribution in [1.29, 1.82) is 0 Å². The van der Waals surface area contributed by atoms with Crippen molar-refractivity contribution < 1.29 is 9.21 Å². The van der Waals surface area contributed by atoms with Gasteiger partial charge >= 0.3 is 0 Å². The maximum atomic E-state index is 12.5. The maximum Gasteiger partial charge on any atom is 0.259 e. The van der Waals surface area contributed by atoms with E-state index in [4.69, 9.17) is 16.0 Å². The average molecular weight is 326 g/mol. The highest BCUT2D eigenvalue weighted by Crippen LogP contribution is 2.31. The van der Waals surface area contributed by atoms with E-state index in [2.05, 4.69) is 5.32 Å². The van der Waals surface area contributed by atoms with E-state index in [0.717, 1.165) is 16.8 Å². The topological polar surface area (TPSA) is 42.2 Å². The largest absolute Gasteiger partial charge is 0.460 e. The predicted octanol–water partition coefficient (Wildman–Crippen LogP) is 5.47. The lowest BCUT2D eigenvalue weighted by molar-refractivity contribution is 0.102. The third-order valence-corrected chi connectivity index (χ3v) is 4.02. The van der Waals surface area contributed by atoms with E-state index in [0.29, 0.717) is 22.1 Å². The van der Waals surface area contributed by atoms with E-state index >= 15 is 0 Å². The molecule has 1 heterocycles. The van der Waals surface area contributed by atoms with Crippen molar-refractivity contribution in [3.05, 3.63) is 76.5 Å². The molecule has 0 aliphatic carbocycles. The summed E-state index contributed by atoms with van der Waals surface area (Å²) in [6.07, 6.45) is 0. The zero-order valence-corrected chi connectivity index (χ0v) is 13.6. The minimum atomic E-state index is -0.196. The first-order valence-electron chi connectivity index (χ1n) is 7.28. The summed E-state index contributed by atoms with van der Waals surface area (Å²) < 4.78 is 5.73. The number of carbonyl (C=O) groups excluding carboxylic acids is 1. The summed E-state index contributed by atoms with van der Waals surface area (Å²) in [6.45, 7) is 3.72. The van der Waals surface area contributed by atoms with Crippen LogP contribution in [0.25, 0.3) is 11.3 Å². The van der Waals surface area contributed by atoms with Gasteiger partial charge in [-0.3, -0.25) is 4.79 Å². The van der Waals surface area contributed by atoms with Crippen LogP contribution in [0, 0.1) is 13.8 Å². The fourth-order valence-electron chi connectivity index (χ4n) is 2.40. The molecule has 116 valence electrons. The Balaban J connectivity index is 1.91. The Kier molecular flexibility index (Phi) is 4.22. The predicted molar refractivity (Wildman–Crippen MR) is 93.0 cm³/mol. The van der Waals surface area contributed by atoms with Crippen LogP contribution in [0.2, 0.25) is 5.02 Å². The molecule has 1 aromatic heterocycles. The van der Waals surface area contributed by atoms with Gasteiger partial charge in [0.1, 0.15) is 11.5 Å². The molecule has 0 aliphatic heterocycles. The number of anilines is 1. The molecule has 0 unspecified atom stereocenters. The molecule has 0 saturated heterocycles. The maximum absolute atomic E-state index is 12.5. The standard InChI is InChI=1S/C19H16ClNO2/c1-12-7-3-6-10-17(12)21-19(22)15-11-18(23-13(15)2)14-8-4-5-9-16(14)20/h3-11H,1-2H3,(H,21,22). The molecule has 3 aromatic rings. The van der Waals surface area contributed by atoms with E-state index in [1.807, 2.05) is 49.4 Å². The number of aryl methyl sites for hydroxylation is 2. The molecule has 0 radical (unpaired) electrons. The number of amides is 1. The molecule has 23 heavy (non-hydrogen) atoms. The van der Waals surface area contributed by atoms with E-state index in [1.54, 1.807) is 19.1 Å². The second-order valence-electron chi connectivity index (χ2n) is 5.33. The third kappa shape index (κ3) is 3.15. The molecule has 3 rings (SSSR count). The Morgan fingerprint density at radius 1 is 1.04 bits per heavy atom.